The Kier molecular flexibility index (Phi) is 3.64. The maximum Gasteiger partial charge on any atom is 0.0805 e. The second-order valence-corrected chi connectivity index (χ2v) is 5.84. The van der Waals surface area contributed by atoms with Crippen LogP contribution in [0.2, 0.25) is 0 Å². The molecule has 3 nitrogen and oxygen atoms in total. The highest BCUT2D eigenvalue weighted by Crippen LogP contribution is 2.27. The van der Waals surface area contributed by atoms with E-state index < -0.39 is 0 Å². The van der Waals surface area contributed by atoms with E-state index >= 15 is 0 Å². The lowest BCUT2D eigenvalue weighted by Crippen LogP contribution is -2.52. The van der Waals surface area contributed by atoms with E-state index in [0.717, 1.165) is 24.2 Å². The van der Waals surface area contributed by atoms with Crippen molar-refractivity contribution < 1.29 is 9.84 Å². The Morgan fingerprint density at radius 2 is 2.17 bits per heavy atom. The Bertz CT molecular complexity index is 429. The molecule has 0 saturated carbocycles. The van der Waals surface area contributed by atoms with E-state index in [4.69, 9.17) is 4.74 Å². The number of morpholine rings is 1. The predicted molar refractivity (Wildman–Crippen MR) is 73.9 cm³/mol. The molecule has 0 radical (unpaired) electrons. The number of benzene rings is 1. The smallest absolute Gasteiger partial charge is 0.0805 e. The average Bonchev–Trinajstić information content (AvgIpc) is 2.26. The van der Waals surface area contributed by atoms with E-state index in [0.29, 0.717) is 0 Å². The highest BCUT2D eigenvalue weighted by molar-refractivity contribution is 5.51. The van der Waals surface area contributed by atoms with Crippen LogP contribution in [-0.4, -0.2) is 29.9 Å². The summed E-state index contributed by atoms with van der Waals surface area (Å²) in [5.74, 6) is 0. The topological polar surface area (TPSA) is 32.7 Å². The maximum atomic E-state index is 9.21. The third kappa shape index (κ3) is 2.85. The number of aryl methyl sites for hydroxylation is 1. The molecule has 1 aromatic rings. The Hall–Kier alpha value is -1.06. The van der Waals surface area contributed by atoms with Crippen molar-refractivity contribution in [3.63, 3.8) is 0 Å². The van der Waals surface area contributed by atoms with Crippen molar-refractivity contribution in [1.29, 1.82) is 0 Å². The molecule has 0 amide bonds. The van der Waals surface area contributed by atoms with Gasteiger partial charge in [-0.05, 0) is 51.0 Å². The molecule has 1 saturated heterocycles. The molecule has 0 spiro atoms. The molecule has 100 valence electrons. The quantitative estimate of drug-likeness (QED) is 0.874. The van der Waals surface area contributed by atoms with Crippen LogP contribution in [-0.2, 0) is 11.3 Å². The molecule has 2 rings (SSSR count). The van der Waals surface area contributed by atoms with E-state index in [-0.39, 0.29) is 18.3 Å². The third-order valence-corrected chi connectivity index (χ3v) is 3.43. The van der Waals surface area contributed by atoms with Crippen molar-refractivity contribution in [2.45, 2.75) is 46.0 Å². The van der Waals surface area contributed by atoms with Gasteiger partial charge < -0.3 is 14.7 Å². The Morgan fingerprint density at radius 1 is 1.44 bits per heavy atom. The summed E-state index contributed by atoms with van der Waals surface area (Å²) in [5, 5.41) is 9.21. The highest BCUT2D eigenvalue weighted by atomic mass is 16.5. The Labute approximate surface area is 109 Å². The average molecular weight is 249 g/mol. The first kappa shape index (κ1) is 13.4. The summed E-state index contributed by atoms with van der Waals surface area (Å²) in [4.78, 5) is 2.36. The number of aliphatic hydroxyl groups excluding tert-OH is 1. The SMILES string of the molecule is Cc1cc(N2CC(C)OC(C)(C)C2)ccc1CO. The molecular weight excluding hydrogens is 226 g/mol. The van der Waals surface area contributed by atoms with E-state index in [1.54, 1.807) is 0 Å². The first-order valence-electron chi connectivity index (χ1n) is 6.54. The summed E-state index contributed by atoms with van der Waals surface area (Å²) in [6.45, 7) is 10.3. The number of hydrogen-bond donors (Lipinski definition) is 1. The van der Waals surface area contributed by atoms with Gasteiger partial charge in [-0.1, -0.05) is 6.07 Å². The zero-order valence-electron chi connectivity index (χ0n) is 11.7. The van der Waals surface area contributed by atoms with Gasteiger partial charge in [0.05, 0.1) is 18.3 Å². The molecular formula is C15H23NO2. The van der Waals surface area contributed by atoms with Gasteiger partial charge in [0.15, 0.2) is 0 Å². The first-order valence-corrected chi connectivity index (χ1v) is 6.54. The van der Waals surface area contributed by atoms with Crippen LogP contribution >= 0.6 is 0 Å². The van der Waals surface area contributed by atoms with Gasteiger partial charge in [-0.3, -0.25) is 0 Å². The van der Waals surface area contributed by atoms with E-state index in [1.165, 1.54) is 5.69 Å². The molecule has 1 heterocycles. The minimum absolute atomic E-state index is 0.108. The van der Waals surface area contributed by atoms with Gasteiger partial charge in [0.25, 0.3) is 0 Å². The third-order valence-electron chi connectivity index (χ3n) is 3.43. The lowest BCUT2D eigenvalue weighted by atomic mass is 10.0. The van der Waals surface area contributed by atoms with Crippen LogP contribution in [0, 0.1) is 6.92 Å². The maximum absolute atomic E-state index is 9.21. The van der Waals surface area contributed by atoms with Crippen molar-refractivity contribution in [1.82, 2.24) is 0 Å². The summed E-state index contributed by atoms with van der Waals surface area (Å²) in [5.41, 5.74) is 3.25. The molecule has 1 atom stereocenters. The standard InChI is InChI=1S/C15H23NO2/c1-11-7-14(6-5-13(11)9-17)16-8-12(2)18-15(3,4)10-16/h5-7,12,17H,8-10H2,1-4H3. The highest BCUT2D eigenvalue weighted by Gasteiger charge is 2.31. The number of ether oxygens (including phenoxy) is 1. The molecule has 0 aliphatic carbocycles. The number of aliphatic hydroxyl groups is 1. The van der Waals surface area contributed by atoms with E-state index in [2.05, 4.69) is 37.8 Å². The zero-order valence-corrected chi connectivity index (χ0v) is 11.7. The van der Waals surface area contributed by atoms with Crippen LogP contribution in [0.25, 0.3) is 0 Å². The van der Waals surface area contributed by atoms with Gasteiger partial charge in [0.1, 0.15) is 0 Å². The van der Waals surface area contributed by atoms with Crippen molar-refractivity contribution in [2.75, 3.05) is 18.0 Å². The molecule has 0 bridgehead atoms. The minimum atomic E-state index is -0.110. The second-order valence-electron chi connectivity index (χ2n) is 5.84. The number of anilines is 1. The molecule has 0 aromatic heterocycles. The monoisotopic (exact) mass is 249 g/mol. The van der Waals surface area contributed by atoms with Crippen LogP contribution in [0.5, 0.6) is 0 Å². The zero-order chi connectivity index (χ0) is 13.3. The number of nitrogens with zero attached hydrogens (tertiary/aromatic N) is 1. The fourth-order valence-electron chi connectivity index (χ4n) is 2.70. The van der Waals surface area contributed by atoms with Gasteiger partial charge in [0.2, 0.25) is 0 Å². The molecule has 1 N–H and O–H groups in total. The Balaban J connectivity index is 2.23. The van der Waals surface area contributed by atoms with Crippen molar-refractivity contribution in [2.24, 2.45) is 0 Å². The van der Waals surface area contributed by atoms with Crippen LogP contribution in [0.15, 0.2) is 18.2 Å². The summed E-state index contributed by atoms with van der Waals surface area (Å²) in [7, 11) is 0. The largest absolute Gasteiger partial charge is 0.392 e. The van der Waals surface area contributed by atoms with Crippen LogP contribution < -0.4 is 4.90 Å². The Morgan fingerprint density at radius 3 is 2.72 bits per heavy atom. The van der Waals surface area contributed by atoms with Crippen molar-refractivity contribution in [3.8, 4) is 0 Å². The van der Waals surface area contributed by atoms with Gasteiger partial charge in [-0.2, -0.15) is 0 Å². The fourth-order valence-corrected chi connectivity index (χ4v) is 2.70. The fraction of sp³-hybridized carbons (Fsp3) is 0.600. The van der Waals surface area contributed by atoms with Crippen molar-refractivity contribution in [3.05, 3.63) is 29.3 Å². The number of hydrogen-bond acceptors (Lipinski definition) is 3. The minimum Gasteiger partial charge on any atom is -0.392 e. The second kappa shape index (κ2) is 4.90. The predicted octanol–water partition coefficient (Wildman–Crippen LogP) is 2.49. The van der Waals surface area contributed by atoms with E-state index in [9.17, 15) is 5.11 Å². The molecule has 1 aliphatic heterocycles. The molecule has 1 unspecified atom stereocenters. The first-order chi connectivity index (χ1) is 8.41. The summed E-state index contributed by atoms with van der Waals surface area (Å²) < 4.78 is 5.92. The summed E-state index contributed by atoms with van der Waals surface area (Å²) in [6.07, 6.45) is 0.242. The lowest BCUT2D eigenvalue weighted by molar-refractivity contribution is -0.0749. The summed E-state index contributed by atoms with van der Waals surface area (Å²) >= 11 is 0. The molecule has 1 aromatic carbocycles. The van der Waals surface area contributed by atoms with Crippen LogP contribution in [0.3, 0.4) is 0 Å². The number of rotatable bonds is 2. The van der Waals surface area contributed by atoms with Gasteiger partial charge in [0, 0.05) is 18.8 Å². The van der Waals surface area contributed by atoms with Crippen LogP contribution in [0.4, 0.5) is 5.69 Å². The molecule has 1 aliphatic rings. The van der Waals surface area contributed by atoms with Gasteiger partial charge >= 0.3 is 0 Å². The van der Waals surface area contributed by atoms with Gasteiger partial charge in [-0.15, -0.1) is 0 Å². The van der Waals surface area contributed by atoms with E-state index in [1.807, 2.05) is 13.0 Å². The lowest BCUT2D eigenvalue weighted by Gasteiger charge is -2.43. The molecule has 1 fully saturated rings. The van der Waals surface area contributed by atoms with Crippen molar-refractivity contribution >= 4 is 5.69 Å². The molecule has 18 heavy (non-hydrogen) atoms. The van der Waals surface area contributed by atoms with Crippen LogP contribution in [0.1, 0.15) is 31.9 Å². The van der Waals surface area contributed by atoms with Gasteiger partial charge in [-0.25, -0.2) is 0 Å². The molecule has 3 heteroatoms. The normalized spacial score (nSPS) is 23.2. The summed E-state index contributed by atoms with van der Waals surface area (Å²) in [6, 6.07) is 6.25.